The Labute approximate surface area is 111 Å². The summed E-state index contributed by atoms with van der Waals surface area (Å²) in [4.78, 5) is 5.58. The van der Waals surface area contributed by atoms with Crippen LogP contribution >= 0.6 is 11.3 Å². The second-order valence-corrected chi connectivity index (χ2v) is 5.18. The molecule has 0 spiro atoms. The first-order chi connectivity index (χ1) is 8.75. The van der Waals surface area contributed by atoms with Gasteiger partial charge in [0.15, 0.2) is 0 Å². The zero-order valence-corrected chi connectivity index (χ0v) is 11.3. The molecule has 0 unspecified atom stereocenters. The van der Waals surface area contributed by atoms with Crippen LogP contribution in [0.15, 0.2) is 29.8 Å². The van der Waals surface area contributed by atoms with Gasteiger partial charge in [0.25, 0.3) is 0 Å². The highest BCUT2D eigenvalue weighted by molar-refractivity contribution is 7.09. The first-order valence-corrected chi connectivity index (χ1v) is 6.98. The van der Waals surface area contributed by atoms with E-state index in [0.29, 0.717) is 0 Å². The van der Waals surface area contributed by atoms with Crippen molar-refractivity contribution < 1.29 is 4.39 Å². The van der Waals surface area contributed by atoms with Crippen LogP contribution in [-0.2, 0) is 12.8 Å². The number of aryl methyl sites for hydroxylation is 1. The van der Waals surface area contributed by atoms with E-state index in [1.54, 1.807) is 11.3 Å². The van der Waals surface area contributed by atoms with Gasteiger partial charge in [-0.25, -0.2) is 9.37 Å². The van der Waals surface area contributed by atoms with E-state index in [9.17, 15) is 4.39 Å². The van der Waals surface area contributed by atoms with Gasteiger partial charge in [-0.1, -0.05) is 12.1 Å². The molecule has 0 amide bonds. The van der Waals surface area contributed by atoms with E-state index in [2.05, 4.69) is 10.3 Å². The lowest BCUT2D eigenvalue weighted by atomic mass is 10.1. The Kier molecular flexibility index (Phi) is 4.84. The summed E-state index contributed by atoms with van der Waals surface area (Å²) in [5.74, 6) is -0.174. The maximum atomic E-state index is 12.7. The monoisotopic (exact) mass is 264 g/mol. The van der Waals surface area contributed by atoms with Gasteiger partial charge in [0.2, 0.25) is 0 Å². The molecular formula is C14H17FN2S. The van der Waals surface area contributed by atoms with Crippen molar-refractivity contribution >= 4 is 11.3 Å². The second kappa shape index (κ2) is 6.61. The van der Waals surface area contributed by atoms with Gasteiger partial charge in [0.1, 0.15) is 5.82 Å². The SMILES string of the molecule is Cc1ncsc1CCNCCc1ccc(F)cc1. The van der Waals surface area contributed by atoms with Gasteiger partial charge in [-0.05, 0) is 44.0 Å². The molecule has 1 aromatic carbocycles. The zero-order chi connectivity index (χ0) is 12.8. The van der Waals surface area contributed by atoms with Gasteiger partial charge >= 0.3 is 0 Å². The van der Waals surface area contributed by atoms with Gasteiger partial charge in [-0.3, -0.25) is 0 Å². The summed E-state index contributed by atoms with van der Waals surface area (Å²) in [7, 11) is 0. The molecule has 1 aromatic heterocycles. The molecule has 0 aliphatic rings. The predicted octanol–water partition coefficient (Wildman–Crippen LogP) is 2.97. The lowest BCUT2D eigenvalue weighted by molar-refractivity contribution is 0.626. The summed E-state index contributed by atoms with van der Waals surface area (Å²) in [6, 6.07) is 6.70. The summed E-state index contributed by atoms with van der Waals surface area (Å²) in [6.07, 6.45) is 1.96. The Morgan fingerprint density at radius 3 is 2.56 bits per heavy atom. The molecule has 2 nitrogen and oxygen atoms in total. The molecule has 4 heteroatoms. The van der Waals surface area contributed by atoms with Crippen molar-refractivity contribution in [3.63, 3.8) is 0 Å². The van der Waals surface area contributed by atoms with Crippen molar-refractivity contribution in [1.29, 1.82) is 0 Å². The molecule has 96 valence electrons. The minimum atomic E-state index is -0.174. The number of aromatic nitrogens is 1. The van der Waals surface area contributed by atoms with Crippen LogP contribution < -0.4 is 5.32 Å². The Balaban J connectivity index is 1.64. The van der Waals surface area contributed by atoms with Gasteiger partial charge in [-0.2, -0.15) is 0 Å². The fourth-order valence-electron chi connectivity index (χ4n) is 1.78. The normalized spacial score (nSPS) is 10.8. The quantitative estimate of drug-likeness (QED) is 0.811. The standard InChI is InChI=1S/C14H17FN2S/c1-11-14(18-10-17-11)7-9-16-8-6-12-2-4-13(15)5-3-12/h2-5,10,16H,6-9H2,1H3. The van der Waals surface area contributed by atoms with Crippen LogP contribution in [0.2, 0.25) is 0 Å². The molecule has 0 aliphatic heterocycles. The lowest BCUT2D eigenvalue weighted by Gasteiger charge is -2.04. The van der Waals surface area contributed by atoms with Gasteiger partial charge in [-0.15, -0.1) is 11.3 Å². The topological polar surface area (TPSA) is 24.9 Å². The largest absolute Gasteiger partial charge is 0.316 e. The Bertz CT molecular complexity index is 479. The van der Waals surface area contributed by atoms with Gasteiger partial charge in [0.05, 0.1) is 11.2 Å². The summed E-state index contributed by atoms with van der Waals surface area (Å²) in [5.41, 5.74) is 4.20. The summed E-state index contributed by atoms with van der Waals surface area (Å²) >= 11 is 1.71. The van der Waals surface area contributed by atoms with E-state index in [0.717, 1.165) is 37.2 Å². The smallest absolute Gasteiger partial charge is 0.123 e. The third-order valence-electron chi connectivity index (χ3n) is 2.88. The van der Waals surface area contributed by atoms with Crippen molar-refractivity contribution in [2.24, 2.45) is 0 Å². The average Bonchev–Trinajstić information content (AvgIpc) is 2.77. The van der Waals surface area contributed by atoms with Crippen molar-refractivity contribution in [3.05, 3.63) is 51.7 Å². The average molecular weight is 264 g/mol. The fraction of sp³-hybridized carbons (Fsp3) is 0.357. The third kappa shape index (κ3) is 3.89. The summed E-state index contributed by atoms with van der Waals surface area (Å²) in [6.45, 7) is 3.93. The Morgan fingerprint density at radius 1 is 1.17 bits per heavy atom. The van der Waals surface area contributed by atoms with Crippen LogP contribution in [0.5, 0.6) is 0 Å². The number of benzene rings is 1. The molecule has 18 heavy (non-hydrogen) atoms. The van der Waals surface area contributed by atoms with Crippen LogP contribution in [0.1, 0.15) is 16.1 Å². The maximum absolute atomic E-state index is 12.7. The number of halogens is 1. The number of hydrogen-bond donors (Lipinski definition) is 1. The Hall–Kier alpha value is -1.26. The second-order valence-electron chi connectivity index (χ2n) is 4.24. The van der Waals surface area contributed by atoms with E-state index in [-0.39, 0.29) is 5.82 Å². The van der Waals surface area contributed by atoms with Crippen LogP contribution in [-0.4, -0.2) is 18.1 Å². The van der Waals surface area contributed by atoms with Crippen molar-refractivity contribution in [1.82, 2.24) is 10.3 Å². The number of thiazole rings is 1. The molecule has 1 heterocycles. The van der Waals surface area contributed by atoms with E-state index < -0.39 is 0 Å². The van der Waals surface area contributed by atoms with Gasteiger partial charge < -0.3 is 5.32 Å². The van der Waals surface area contributed by atoms with Crippen molar-refractivity contribution in [3.8, 4) is 0 Å². The molecule has 2 aromatic rings. The fourth-order valence-corrected chi connectivity index (χ4v) is 2.56. The Morgan fingerprint density at radius 2 is 1.89 bits per heavy atom. The molecule has 0 saturated heterocycles. The molecule has 0 saturated carbocycles. The maximum Gasteiger partial charge on any atom is 0.123 e. The van der Waals surface area contributed by atoms with E-state index >= 15 is 0 Å². The molecular weight excluding hydrogens is 247 g/mol. The van der Waals surface area contributed by atoms with Crippen LogP contribution in [0.4, 0.5) is 4.39 Å². The number of nitrogens with one attached hydrogen (secondary N) is 1. The minimum absolute atomic E-state index is 0.174. The van der Waals surface area contributed by atoms with Crippen molar-refractivity contribution in [2.45, 2.75) is 19.8 Å². The highest BCUT2D eigenvalue weighted by Crippen LogP contribution is 2.11. The highest BCUT2D eigenvalue weighted by Gasteiger charge is 2.00. The van der Waals surface area contributed by atoms with E-state index in [4.69, 9.17) is 0 Å². The number of rotatable bonds is 6. The highest BCUT2D eigenvalue weighted by atomic mass is 32.1. The molecule has 0 bridgehead atoms. The van der Waals surface area contributed by atoms with Crippen LogP contribution in [0.3, 0.4) is 0 Å². The van der Waals surface area contributed by atoms with E-state index in [1.807, 2.05) is 24.6 Å². The van der Waals surface area contributed by atoms with E-state index in [1.165, 1.54) is 17.0 Å². The van der Waals surface area contributed by atoms with Crippen LogP contribution in [0, 0.1) is 12.7 Å². The summed E-state index contributed by atoms with van der Waals surface area (Å²) in [5, 5.41) is 3.40. The molecule has 1 N–H and O–H groups in total. The number of nitrogens with zero attached hydrogens (tertiary/aromatic N) is 1. The predicted molar refractivity (Wildman–Crippen MR) is 73.5 cm³/mol. The summed E-state index contributed by atoms with van der Waals surface area (Å²) < 4.78 is 12.7. The molecule has 0 atom stereocenters. The molecule has 0 radical (unpaired) electrons. The third-order valence-corrected chi connectivity index (χ3v) is 3.87. The minimum Gasteiger partial charge on any atom is -0.316 e. The van der Waals surface area contributed by atoms with Gasteiger partial charge in [0, 0.05) is 11.4 Å². The number of hydrogen-bond acceptors (Lipinski definition) is 3. The lowest BCUT2D eigenvalue weighted by Crippen LogP contribution is -2.20. The molecule has 0 fully saturated rings. The molecule has 2 rings (SSSR count). The first kappa shape index (κ1) is 13.2. The van der Waals surface area contributed by atoms with Crippen LogP contribution in [0.25, 0.3) is 0 Å². The first-order valence-electron chi connectivity index (χ1n) is 6.10. The van der Waals surface area contributed by atoms with Crippen molar-refractivity contribution in [2.75, 3.05) is 13.1 Å². The molecule has 0 aliphatic carbocycles. The zero-order valence-electron chi connectivity index (χ0n) is 10.4.